The Balaban J connectivity index is 1.41. The summed E-state index contributed by atoms with van der Waals surface area (Å²) in [6.07, 6.45) is 16.1. The normalized spacial score (nSPS) is 16.2. The Kier molecular flexibility index (Phi) is 8.02. The van der Waals surface area contributed by atoms with Crippen LogP contribution in [0.25, 0.3) is 22.3 Å². The lowest BCUT2D eigenvalue weighted by atomic mass is 10.1. The van der Waals surface area contributed by atoms with Crippen LogP contribution in [0.5, 0.6) is 0 Å². The Hall–Kier alpha value is -2.83. The van der Waals surface area contributed by atoms with E-state index in [9.17, 15) is 0 Å². The van der Waals surface area contributed by atoms with Crippen molar-refractivity contribution in [1.82, 2.24) is 14.7 Å². The van der Waals surface area contributed by atoms with E-state index in [1.165, 1.54) is 63.3 Å². The van der Waals surface area contributed by atoms with E-state index in [0.29, 0.717) is 17.7 Å². The number of fused-ring (bicyclic) bond motifs is 1. The van der Waals surface area contributed by atoms with Gasteiger partial charge in [0.2, 0.25) is 5.82 Å². The predicted molar refractivity (Wildman–Crippen MR) is 133 cm³/mol. The van der Waals surface area contributed by atoms with Gasteiger partial charge in [0.25, 0.3) is 5.89 Å². The van der Waals surface area contributed by atoms with E-state index in [1.807, 2.05) is 4.58 Å². The number of para-hydroxylation sites is 1. The number of hydrogen-bond donors (Lipinski definition) is 2. The second kappa shape index (κ2) is 11.3. The lowest BCUT2D eigenvalue weighted by molar-refractivity contribution is -0.555. The number of aromatic nitrogens is 3. The highest BCUT2D eigenvalue weighted by Crippen LogP contribution is 2.32. The Bertz CT molecular complexity index is 1060. The third-order valence-corrected chi connectivity index (χ3v) is 6.84. The second-order valence-corrected chi connectivity index (χ2v) is 9.31. The molecule has 2 aromatic heterocycles. The molecule has 33 heavy (non-hydrogen) atoms. The topological polar surface area (TPSA) is 98.9 Å². The summed E-state index contributed by atoms with van der Waals surface area (Å²) in [4.78, 5) is 4.75. The first-order valence-electron chi connectivity index (χ1n) is 12.8. The van der Waals surface area contributed by atoms with Crippen LogP contribution in [-0.2, 0) is 6.54 Å². The Morgan fingerprint density at radius 3 is 2.55 bits per heavy atom. The number of hydrogen-bond acceptors (Lipinski definition) is 3. The van der Waals surface area contributed by atoms with Gasteiger partial charge in [-0.15, -0.1) is 0 Å². The van der Waals surface area contributed by atoms with Crippen LogP contribution in [0.15, 0.2) is 35.0 Å². The molecule has 4 N–H and O–H groups in total. The molecule has 0 radical (unpaired) electrons. The number of nitrogens with zero attached hydrogens (tertiary/aromatic N) is 4. The molecule has 4 rings (SSSR count). The SMILES string of the molecule is CCCCCCCCCCCn1cc(-c2noc([C@@H]3CCC[N+]3=C(N)N)n2)c2ccccc21. The minimum Gasteiger partial charge on any atom is -0.347 e. The third-order valence-electron chi connectivity index (χ3n) is 6.84. The van der Waals surface area contributed by atoms with Gasteiger partial charge in [0.15, 0.2) is 6.04 Å². The number of unbranched alkanes of at least 4 members (excludes halogenated alkanes) is 8. The molecule has 7 heteroatoms. The first-order valence-corrected chi connectivity index (χ1v) is 12.8. The van der Waals surface area contributed by atoms with Crippen LogP contribution in [0.3, 0.4) is 0 Å². The van der Waals surface area contributed by atoms with Crippen molar-refractivity contribution in [3.8, 4) is 11.4 Å². The number of nitrogens with two attached hydrogens (primary N) is 2. The monoisotopic (exact) mass is 451 g/mol. The molecule has 1 aliphatic rings. The highest BCUT2D eigenvalue weighted by Gasteiger charge is 2.31. The minimum atomic E-state index is -0.0356. The summed E-state index contributed by atoms with van der Waals surface area (Å²) >= 11 is 0. The van der Waals surface area contributed by atoms with Gasteiger partial charge in [-0.2, -0.15) is 4.98 Å². The summed E-state index contributed by atoms with van der Waals surface area (Å²) in [5.41, 5.74) is 13.9. The predicted octanol–water partition coefficient (Wildman–Crippen LogP) is 5.34. The number of rotatable bonds is 12. The summed E-state index contributed by atoms with van der Waals surface area (Å²) in [6.45, 7) is 4.10. The van der Waals surface area contributed by atoms with E-state index >= 15 is 0 Å². The Morgan fingerprint density at radius 1 is 1.06 bits per heavy atom. The molecule has 178 valence electrons. The van der Waals surface area contributed by atoms with Crippen LogP contribution in [0, 0.1) is 0 Å². The fourth-order valence-corrected chi connectivity index (χ4v) is 5.02. The molecule has 1 aliphatic heterocycles. The van der Waals surface area contributed by atoms with Crippen LogP contribution >= 0.6 is 0 Å². The van der Waals surface area contributed by atoms with Gasteiger partial charge in [-0.3, -0.25) is 16.0 Å². The molecular formula is C26H39N6O+. The molecule has 0 bridgehead atoms. The Labute approximate surface area is 196 Å². The zero-order valence-electron chi connectivity index (χ0n) is 20.0. The van der Waals surface area contributed by atoms with E-state index in [4.69, 9.17) is 21.0 Å². The number of guanidine groups is 1. The van der Waals surface area contributed by atoms with Crippen LogP contribution in [0.2, 0.25) is 0 Å². The summed E-state index contributed by atoms with van der Waals surface area (Å²) in [5.74, 6) is 1.54. The smallest absolute Gasteiger partial charge is 0.341 e. The molecule has 1 fully saturated rings. The van der Waals surface area contributed by atoms with Crippen molar-refractivity contribution in [2.75, 3.05) is 6.54 Å². The highest BCUT2D eigenvalue weighted by atomic mass is 16.5. The molecular weight excluding hydrogens is 412 g/mol. The lowest BCUT2D eigenvalue weighted by Crippen LogP contribution is -2.35. The van der Waals surface area contributed by atoms with Gasteiger partial charge in [0, 0.05) is 29.2 Å². The molecule has 0 unspecified atom stereocenters. The van der Waals surface area contributed by atoms with Gasteiger partial charge in [0.05, 0.1) is 6.54 Å². The molecule has 0 amide bonds. The summed E-state index contributed by atoms with van der Waals surface area (Å²) in [5, 5.41) is 5.48. The van der Waals surface area contributed by atoms with E-state index in [0.717, 1.165) is 36.9 Å². The van der Waals surface area contributed by atoms with Crippen LogP contribution < -0.4 is 11.5 Å². The Morgan fingerprint density at radius 2 is 1.79 bits per heavy atom. The summed E-state index contributed by atoms with van der Waals surface area (Å²) in [6, 6.07) is 8.44. The van der Waals surface area contributed by atoms with Crippen LogP contribution in [0.1, 0.15) is 89.5 Å². The first-order chi connectivity index (χ1) is 16.2. The number of benzene rings is 1. The average Bonchev–Trinajstić information content (AvgIpc) is 3.56. The minimum absolute atomic E-state index is 0.0356. The van der Waals surface area contributed by atoms with Gasteiger partial charge >= 0.3 is 5.96 Å². The van der Waals surface area contributed by atoms with Crippen LogP contribution in [-0.4, -0.2) is 31.8 Å². The van der Waals surface area contributed by atoms with Crippen molar-refractivity contribution in [2.24, 2.45) is 11.5 Å². The molecule has 3 heterocycles. The van der Waals surface area contributed by atoms with Crippen molar-refractivity contribution in [3.05, 3.63) is 36.4 Å². The first kappa shape index (κ1) is 23.3. The molecule has 0 saturated carbocycles. The molecule has 1 saturated heterocycles. The van der Waals surface area contributed by atoms with Gasteiger partial charge < -0.3 is 9.09 Å². The third kappa shape index (κ3) is 5.57. The van der Waals surface area contributed by atoms with Gasteiger partial charge in [-0.25, -0.2) is 0 Å². The standard InChI is InChI=1S/C26H38N6O/c1-2-3-4-5-6-7-8-9-12-17-31-19-21(20-14-10-11-15-22(20)31)24-29-25(33-30-24)23-16-13-18-32(23)26(27)28/h10-11,14-15,19,23H,2-9,12-13,16-18H2,1H3,(H3,27,28)/p+1/t23-/m0/s1. The molecule has 7 nitrogen and oxygen atoms in total. The van der Waals surface area contributed by atoms with E-state index < -0.39 is 0 Å². The van der Waals surface area contributed by atoms with Crippen molar-refractivity contribution < 1.29 is 9.10 Å². The van der Waals surface area contributed by atoms with Crippen molar-refractivity contribution in [2.45, 2.75) is 90.1 Å². The molecule has 0 aliphatic carbocycles. The maximum absolute atomic E-state index is 5.85. The van der Waals surface area contributed by atoms with Crippen molar-refractivity contribution in [3.63, 3.8) is 0 Å². The van der Waals surface area contributed by atoms with E-state index in [-0.39, 0.29) is 6.04 Å². The lowest BCUT2D eigenvalue weighted by Gasteiger charge is -2.06. The zero-order valence-corrected chi connectivity index (χ0v) is 20.0. The van der Waals surface area contributed by atoms with E-state index in [2.05, 4.69) is 47.1 Å². The highest BCUT2D eigenvalue weighted by molar-refractivity contribution is 5.94. The van der Waals surface area contributed by atoms with Gasteiger partial charge in [-0.1, -0.05) is 81.6 Å². The number of aryl methyl sites for hydroxylation is 1. The molecule has 1 atom stereocenters. The maximum atomic E-state index is 5.85. The van der Waals surface area contributed by atoms with Crippen molar-refractivity contribution in [1.29, 1.82) is 0 Å². The molecule has 1 aromatic carbocycles. The summed E-state index contributed by atoms with van der Waals surface area (Å²) in [7, 11) is 0. The zero-order chi connectivity index (χ0) is 23.0. The fourth-order valence-electron chi connectivity index (χ4n) is 5.02. The average molecular weight is 452 g/mol. The van der Waals surface area contributed by atoms with Gasteiger partial charge in [-0.05, 0) is 25.3 Å². The summed E-state index contributed by atoms with van der Waals surface area (Å²) < 4.78 is 9.96. The van der Waals surface area contributed by atoms with Gasteiger partial charge in [0.1, 0.15) is 0 Å². The second-order valence-electron chi connectivity index (χ2n) is 9.31. The van der Waals surface area contributed by atoms with Crippen molar-refractivity contribution >= 4 is 16.9 Å². The van der Waals surface area contributed by atoms with E-state index in [1.54, 1.807) is 0 Å². The molecule has 0 spiro atoms. The fraction of sp³-hybridized carbons (Fsp3) is 0.577. The largest absolute Gasteiger partial charge is 0.347 e. The maximum Gasteiger partial charge on any atom is 0.341 e. The molecule has 3 aromatic rings. The quantitative estimate of drug-likeness (QED) is 0.220. The van der Waals surface area contributed by atoms with Crippen LogP contribution in [0.4, 0.5) is 0 Å².